The van der Waals surface area contributed by atoms with Crippen molar-refractivity contribution in [1.82, 2.24) is 10.2 Å². The van der Waals surface area contributed by atoms with Crippen LogP contribution in [0.5, 0.6) is 0 Å². The minimum atomic E-state index is -0.506. The van der Waals surface area contributed by atoms with E-state index in [-0.39, 0.29) is 11.9 Å². The minimum Gasteiger partial charge on any atom is -0.379 e. The van der Waals surface area contributed by atoms with Crippen LogP contribution in [-0.4, -0.2) is 49.6 Å². The van der Waals surface area contributed by atoms with Gasteiger partial charge < -0.3 is 15.8 Å². The van der Waals surface area contributed by atoms with Crippen molar-refractivity contribution in [2.45, 2.75) is 6.04 Å². The number of nitrogens with one attached hydrogen (secondary N) is 1. The summed E-state index contributed by atoms with van der Waals surface area (Å²) in [5, 5.41) is 3.01. The molecule has 0 aromatic heterocycles. The molecule has 0 spiro atoms. The Labute approximate surface area is 152 Å². The Hall–Kier alpha value is -2.70. The first-order chi connectivity index (χ1) is 12.6. The van der Waals surface area contributed by atoms with Crippen molar-refractivity contribution >= 4 is 11.8 Å². The predicted molar refractivity (Wildman–Crippen MR) is 98.9 cm³/mol. The number of carbonyl (C=O) groups is 2. The van der Waals surface area contributed by atoms with Crippen LogP contribution in [0.25, 0.3) is 0 Å². The molecule has 1 aliphatic rings. The lowest BCUT2D eigenvalue weighted by Crippen LogP contribution is -2.43. The first-order valence-corrected chi connectivity index (χ1v) is 8.70. The molecule has 26 heavy (non-hydrogen) atoms. The van der Waals surface area contributed by atoms with Gasteiger partial charge in [0.2, 0.25) is 5.91 Å². The number of hydrogen-bond acceptors (Lipinski definition) is 4. The topological polar surface area (TPSA) is 84.7 Å². The predicted octanol–water partition coefficient (Wildman–Crippen LogP) is 1.59. The highest BCUT2D eigenvalue weighted by atomic mass is 16.5. The average molecular weight is 353 g/mol. The second-order valence-electron chi connectivity index (χ2n) is 6.23. The fourth-order valence-electron chi connectivity index (χ4n) is 3.10. The van der Waals surface area contributed by atoms with Crippen molar-refractivity contribution < 1.29 is 14.3 Å². The van der Waals surface area contributed by atoms with Crippen LogP contribution in [0.4, 0.5) is 0 Å². The highest BCUT2D eigenvalue weighted by Crippen LogP contribution is 2.21. The first-order valence-electron chi connectivity index (χ1n) is 8.70. The van der Waals surface area contributed by atoms with E-state index in [0.717, 1.165) is 13.1 Å². The van der Waals surface area contributed by atoms with Gasteiger partial charge >= 0.3 is 0 Å². The van der Waals surface area contributed by atoms with Crippen molar-refractivity contribution in [2.24, 2.45) is 5.73 Å². The summed E-state index contributed by atoms with van der Waals surface area (Å²) in [6.45, 7) is 3.57. The largest absolute Gasteiger partial charge is 0.379 e. The number of nitrogens with two attached hydrogens (primary N) is 1. The first kappa shape index (κ1) is 18.1. The molecule has 3 N–H and O–H groups in total. The Morgan fingerprint density at radius 3 is 2.23 bits per heavy atom. The third-order valence-electron chi connectivity index (χ3n) is 4.56. The molecule has 3 rings (SSSR count). The van der Waals surface area contributed by atoms with Crippen LogP contribution in [0.3, 0.4) is 0 Å². The molecule has 1 heterocycles. The molecule has 1 saturated heterocycles. The number of primary amides is 1. The monoisotopic (exact) mass is 353 g/mol. The van der Waals surface area contributed by atoms with E-state index in [1.54, 1.807) is 24.3 Å². The molecule has 0 aliphatic carbocycles. The summed E-state index contributed by atoms with van der Waals surface area (Å²) in [5.74, 6) is -0.677. The summed E-state index contributed by atoms with van der Waals surface area (Å²) in [7, 11) is 0. The fourth-order valence-corrected chi connectivity index (χ4v) is 3.10. The number of amides is 2. The average Bonchev–Trinajstić information content (AvgIpc) is 2.69. The summed E-state index contributed by atoms with van der Waals surface area (Å²) in [6.07, 6.45) is 0. The smallest absolute Gasteiger partial charge is 0.251 e. The van der Waals surface area contributed by atoms with Gasteiger partial charge in [0.15, 0.2) is 0 Å². The molecule has 2 aromatic rings. The van der Waals surface area contributed by atoms with Crippen LogP contribution in [0.1, 0.15) is 32.3 Å². The van der Waals surface area contributed by atoms with E-state index in [1.807, 2.05) is 18.2 Å². The molecule has 2 amide bonds. The number of ether oxygens (including phenoxy) is 1. The van der Waals surface area contributed by atoms with E-state index < -0.39 is 5.91 Å². The van der Waals surface area contributed by atoms with Crippen LogP contribution in [0.15, 0.2) is 54.6 Å². The summed E-state index contributed by atoms with van der Waals surface area (Å²) in [6, 6.07) is 16.6. The Bertz CT molecular complexity index is 741. The van der Waals surface area contributed by atoms with E-state index in [2.05, 4.69) is 22.3 Å². The molecule has 1 fully saturated rings. The summed E-state index contributed by atoms with van der Waals surface area (Å²) >= 11 is 0. The molecule has 6 heteroatoms. The van der Waals surface area contributed by atoms with Crippen LogP contribution in [0, 0.1) is 0 Å². The Balaban J connectivity index is 1.68. The summed E-state index contributed by atoms with van der Waals surface area (Å²) < 4.78 is 5.44. The maximum Gasteiger partial charge on any atom is 0.251 e. The molecule has 0 saturated carbocycles. The molecule has 1 aliphatic heterocycles. The number of carbonyl (C=O) groups excluding carboxylic acids is 2. The quantitative estimate of drug-likeness (QED) is 0.826. The molecule has 6 nitrogen and oxygen atoms in total. The zero-order chi connectivity index (χ0) is 18.4. The molecular weight excluding hydrogens is 330 g/mol. The lowest BCUT2D eigenvalue weighted by atomic mass is 10.0. The standard InChI is InChI=1S/C20H23N3O3/c21-19(24)16-6-8-17(9-7-16)20(25)22-14-18(15-4-2-1-3-5-15)23-10-12-26-13-11-23/h1-9,18H,10-14H2,(H2,21,24)(H,22,25). The van der Waals surface area contributed by atoms with Gasteiger partial charge in [0.1, 0.15) is 0 Å². The zero-order valence-electron chi connectivity index (χ0n) is 14.6. The van der Waals surface area contributed by atoms with Crippen LogP contribution < -0.4 is 11.1 Å². The summed E-state index contributed by atoms with van der Waals surface area (Å²) in [4.78, 5) is 25.9. The van der Waals surface area contributed by atoms with Crippen molar-refractivity contribution in [3.63, 3.8) is 0 Å². The highest BCUT2D eigenvalue weighted by molar-refractivity contribution is 5.97. The number of rotatable bonds is 6. The maximum atomic E-state index is 12.5. The molecule has 2 aromatic carbocycles. The number of hydrogen-bond donors (Lipinski definition) is 2. The molecule has 0 radical (unpaired) electrons. The molecular formula is C20H23N3O3. The summed E-state index contributed by atoms with van der Waals surface area (Å²) in [5.41, 5.74) is 7.29. The van der Waals surface area contributed by atoms with Gasteiger partial charge in [-0.05, 0) is 29.8 Å². The Morgan fingerprint density at radius 2 is 1.62 bits per heavy atom. The van der Waals surface area contributed by atoms with Gasteiger partial charge in [0.05, 0.1) is 19.3 Å². The van der Waals surface area contributed by atoms with Crippen LogP contribution in [0.2, 0.25) is 0 Å². The van der Waals surface area contributed by atoms with Gasteiger partial charge in [-0.2, -0.15) is 0 Å². The van der Waals surface area contributed by atoms with Gasteiger partial charge in [-0.15, -0.1) is 0 Å². The molecule has 136 valence electrons. The van der Waals surface area contributed by atoms with Gasteiger partial charge in [-0.1, -0.05) is 30.3 Å². The van der Waals surface area contributed by atoms with Gasteiger partial charge in [-0.25, -0.2) is 0 Å². The van der Waals surface area contributed by atoms with Crippen molar-refractivity contribution in [3.05, 3.63) is 71.3 Å². The second kappa shape index (κ2) is 8.60. The van der Waals surface area contributed by atoms with E-state index in [0.29, 0.717) is 30.9 Å². The third-order valence-corrected chi connectivity index (χ3v) is 4.56. The zero-order valence-corrected chi connectivity index (χ0v) is 14.6. The Kier molecular flexibility index (Phi) is 5.99. The fraction of sp³-hybridized carbons (Fsp3) is 0.300. The lowest BCUT2D eigenvalue weighted by molar-refractivity contribution is 0.0162. The van der Waals surface area contributed by atoms with Crippen molar-refractivity contribution in [2.75, 3.05) is 32.8 Å². The molecule has 0 bridgehead atoms. The van der Waals surface area contributed by atoms with E-state index in [9.17, 15) is 9.59 Å². The molecule has 1 atom stereocenters. The molecule has 1 unspecified atom stereocenters. The minimum absolute atomic E-state index is 0.0916. The number of morpholine rings is 1. The van der Waals surface area contributed by atoms with Gasteiger partial charge in [-0.3, -0.25) is 14.5 Å². The van der Waals surface area contributed by atoms with Crippen LogP contribution in [-0.2, 0) is 4.74 Å². The highest BCUT2D eigenvalue weighted by Gasteiger charge is 2.23. The SMILES string of the molecule is NC(=O)c1ccc(C(=O)NCC(c2ccccc2)N2CCOCC2)cc1. The number of nitrogens with zero attached hydrogens (tertiary/aromatic N) is 1. The third kappa shape index (κ3) is 4.47. The van der Waals surface area contributed by atoms with Crippen molar-refractivity contribution in [3.8, 4) is 0 Å². The van der Waals surface area contributed by atoms with Crippen LogP contribution >= 0.6 is 0 Å². The second-order valence-corrected chi connectivity index (χ2v) is 6.23. The van der Waals surface area contributed by atoms with E-state index in [1.165, 1.54) is 5.56 Å². The van der Waals surface area contributed by atoms with E-state index >= 15 is 0 Å². The van der Waals surface area contributed by atoms with E-state index in [4.69, 9.17) is 10.5 Å². The normalized spacial score (nSPS) is 16.0. The maximum absolute atomic E-state index is 12.5. The lowest BCUT2D eigenvalue weighted by Gasteiger charge is -2.35. The van der Waals surface area contributed by atoms with Gasteiger partial charge in [0, 0.05) is 30.8 Å². The van der Waals surface area contributed by atoms with Crippen molar-refractivity contribution in [1.29, 1.82) is 0 Å². The number of benzene rings is 2. The Morgan fingerprint density at radius 1 is 1.00 bits per heavy atom. The van der Waals surface area contributed by atoms with Gasteiger partial charge in [0.25, 0.3) is 5.91 Å².